The van der Waals surface area contributed by atoms with Gasteiger partial charge in [0.15, 0.2) is 11.5 Å². The fourth-order valence-corrected chi connectivity index (χ4v) is 5.40. The van der Waals surface area contributed by atoms with Crippen molar-refractivity contribution in [1.82, 2.24) is 34.7 Å². The summed E-state index contributed by atoms with van der Waals surface area (Å²) < 4.78 is 7.02. The van der Waals surface area contributed by atoms with E-state index in [1.165, 1.54) is 6.33 Å². The third-order valence-corrected chi connectivity index (χ3v) is 8.09. The molecular formula is C33H38N10O3. The molecule has 1 fully saturated rings. The van der Waals surface area contributed by atoms with Crippen molar-refractivity contribution in [2.45, 2.75) is 46.1 Å². The number of hydrogen-bond acceptors (Lipinski definition) is 9. The average molecular weight is 623 g/mol. The van der Waals surface area contributed by atoms with Crippen molar-refractivity contribution in [1.29, 1.82) is 0 Å². The van der Waals surface area contributed by atoms with Crippen LogP contribution in [0.15, 0.2) is 65.4 Å². The summed E-state index contributed by atoms with van der Waals surface area (Å²) in [6.07, 6.45) is 1.40. The molecule has 13 nitrogen and oxygen atoms in total. The molecular weight excluding hydrogens is 584 g/mol. The number of hydrogen-bond donors (Lipinski definition) is 3. The van der Waals surface area contributed by atoms with Crippen LogP contribution in [-0.4, -0.2) is 78.9 Å². The van der Waals surface area contributed by atoms with Crippen molar-refractivity contribution in [3.63, 3.8) is 0 Å². The highest BCUT2D eigenvalue weighted by atomic mass is 16.5. The van der Waals surface area contributed by atoms with Crippen LogP contribution in [0.2, 0.25) is 0 Å². The number of anilines is 3. The second-order valence-electron chi connectivity index (χ2n) is 12.7. The van der Waals surface area contributed by atoms with Crippen LogP contribution < -0.4 is 16.4 Å². The van der Waals surface area contributed by atoms with Crippen LogP contribution in [0.3, 0.4) is 0 Å². The number of aromatic nitrogens is 5. The lowest BCUT2D eigenvalue weighted by molar-refractivity contribution is 0.0595. The van der Waals surface area contributed by atoms with Crippen LogP contribution in [0.25, 0.3) is 28.0 Å². The second kappa shape index (κ2) is 12.2. The molecule has 238 valence electrons. The Bertz CT molecular complexity index is 1860. The molecule has 4 heterocycles. The highest BCUT2D eigenvalue weighted by Gasteiger charge is 2.24. The lowest BCUT2D eigenvalue weighted by atomic mass is 9.93. The zero-order chi connectivity index (χ0) is 32.6. The molecule has 6 rings (SSSR count). The zero-order valence-electron chi connectivity index (χ0n) is 26.6. The molecule has 0 unspecified atom stereocenters. The smallest absolute Gasteiger partial charge is 0.324 e. The van der Waals surface area contributed by atoms with Gasteiger partial charge >= 0.3 is 6.03 Å². The molecule has 1 aliphatic rings. The molecule has 1 aliphatic heterocycles. The number of nitrogens with zero attached hydrogens (tertiary/aromatic N) is 7. The normalized spacial score (nSPS) is 14.2. The van der Waals surface area contributed by atoms with E-state index in [0.29, 0.717) is 70.2 Å². The topological polar surface area (TPSA) is 160 Å². The summed E-state index contributed by atoms with van der Waals surface area (Å²) in [7, 11) is 0. The predicted molar refractivity (Wildman–Crippen MR) is 177 cm³/mol. The van der Waals surface area contributed by atoms with E-state index in [-0.39, 0.29) is 11.3 Å². The van der Waals surface area contributed by atoms with E-state index in [0.717, 1.165) is 18.7 Å². The molecule has 0 atom stereocenters. The highest BCUT2D eigenvalue weighted by molar-refractivity contribution is 6.01. The molecule has 13 heteroatoms. The summed E-state index contributed by atoms with van der Waals surface area (Å²) >= 11 is 0. The minimum atomic E-state index is -0.450. The van der Waals surface area contributed by atoms with Gasteiger partial charge in [0.1, 0.15) is 23.6 Å². The number of nitrogens with two attached hydrogens (primary N) is 1. The number of piperazine rings is 1. The third kappa shape index (κ3) is 6.26. The lowest BCUT2D eigenvalue weighted by Crippen LogP contribution is -2.50. The fourth-order valence-electron chi connectivity index (χ4n) is 5.40. The number of carbonyl (C=O) groups is 2. The number of carbonyl (C=O) groups excluding carboxylic acids is 2. The van der Waals surface area contributed by atoms with Crippen molar-refractivity contribution in [3.8, 4) is 16.9 Å². The first-order valence-corrected chi connectivity index (χ1v) is 15.3. The number of rotatable bonds is 6. The van der Waals surface area contributed by atoms with Gasteiger partial charge in [0, 0.05) is 60.5 Å². The van der Waals surface area contributed by atoms with Crippen LogP contribution in [0.1, 0.15) is 50.7 Å². The summed E-state index contributed by atoms with van der Waals surface area (Å²) in [5.41, 5.74) is 9.91. The molecule has 0 bridgehead atoms. The van der Waals surface area contributed by atoms with Gasteiger partial charge in [-0.05, 0) is 50.2 Å². The lowest BCUT2D eigenvalue weighted by Gasteiger charge is -2.37. The predicted octanol–water partition coefficient (Wildman–Crippen LogP) is 5.16. The van der Waals surface area contributed by atoms with Crippen LogP contribution in [0.4, 0.5) is 22.1 Å². The Morgan fingerprint density at radius 1 is 0.935 bits per heavy atom. The van der Waals surface area contributed by atoms with E-state index in [1.807, 2.05) is 62.1 Å². The van der Waals surface area contributed by atoms with E-state index in [1.54, 1.807) is 22.9 Å². The first-order chi connectivity index (χ1) is 22.0. The summed E-state index contributed by atoms with van der Waals surface area (Å²) in [6.45, 7) is 13.5. The molecule has 5 aromatic rings. The van der Waals surface area contributed by atoms with E-state index in [2.05, 4.69) is 44.5 Å². The molecule has 1 saturated heterocycles. The molecule has 46 heavy (non-hydrogen) atoms. The number of nitrogen functional groups attached to an aromatic ring is 1. The van der Waals surface area contributed by atoms with Gasteiger partial charge in [-0.15, -0.1) is 0 Å². The van der Waals surface area contributed by atoms with Gasteiger partial charge in [-0.3, -0.25) is 15.0 Å². The molecule has 3 amide bonds. The quantitative estimate of drug-likeness (QED) is 0.232. The second-order valence-corrected chi connectivity index (χ2v) is 12.7. The van der Waals surface area contributed by atoms with Gasteiger partial charge in [0.2, 0.25) is 0 Å². The van der Waals surface area contributed by atoms with Crippen molar-refractivity contribution in [3.05, 3.63) is 72.2 Å². The van der Waals surface area contributed by atoms with Crippen molar-refractivity contribution in [2.75, 3.05) is 42.5 Å². The molecule has 0 saturated carbocycles. The van der Waals surface area contributed by atoms with Crippen LogP contribution >= 0.6 is 0 Å². The van der Waals surface area contributed by atoms with E-state index < -0.39 is 6.03 Å². The van der Waals surface area contributed by atoms with Crippen LogP contribution in [0.5, 0.6) is 0 Å². The van der Waals surface area contributed by atoms with E-state index in [4.69, 9.17) is 15.4 Å². The molecule has 0 aliphatic carbocycles. The maximum atomic E-state index is 13.2. The Kier molecular flexibility index (Phi) is 8.17. The molecule has 4 N–H and O–H groups in total. The third-order valence-electron chi connectivity index (χ3n) is 8.09. The van der Waals surface area contributed by atoms with Crippen molar-refractivity contribution < 1.29 is 14.1 Å². The maximum absolute atomic E-state index is 13.2. The fraction of sp³-hybridized carbons (Fsp3) is 0.333. The molecule has 0 spiro atoms. The number of urea groups is 1. The standard InChI is InChI=1S/C33H38N10O3/c1-20(2)41-14-16-42(17-15-41)31(44)22-8-6-21(7-9-22)28-27-29(34)35-19-36-30(27)43(39-28)24-12-10-23(11-13-24)37-32(45)38-26-18-25(46-40-26)33(3,4)5/h6-13,18-20H,14-17H2,1-5H3,(H2,34,35,36)(H2,37,38,40,45). The number of benzene rings is 2. The van der Waals surface area contributed by atoms with Gasteiger partial charge in [-0.2, -0.15) is 5.10 Å². The van der Waals surface area contributed by atoms with Gasteiger partial charge in [-0.25, -0.2) is 19.4 Å². The Balaban J connectivity index is 1.19. The van der Waals surface area contributed by atoms with Gasteiger partial charge in [-0.1, -0.05) is 38.1 Å². The monoisotopic (exact) mass is 622 g/mol. The Morgan fingerprint density at radius 3 is 2.26 bits per heavy atom. The minimum absolute atomic E-state index is 0.0197. The molecule has 3 aromatic heterocycles. The zero-order valence-corrected chi connectivity index (χ0v) is 26.6. The molecule has 0 radical (unpaired) electrons. The summed E-state index contributed by atoms with van der Waals surface area (Å²) in [5, 5.41) is 14.9. The number of fused-ring (bicyclic) bond motifs is 1. The summed E-state index contributed by atoms with van der Waals surface area (Å²) in [5.74, 6) is 1.31. The maximum Gasteiger partial charge on any atom is 0.324 e. The minimum Gasteiger partial charge on any atom is -0.383 e. The Hall–Kier alpha value is -5.30. The molecule has 2 aromatic carbocycles. The van der Waals surface area contributed by atoms with Crippen LogP contribution in [-0.2, 0) is 5.41 Å². The number of nitrogens with one attached hydrogen (secondary N) is 2. The highest BCUT2D eigenvalue weighted by Crippen LogP contribution is 2.32. The Morgan fingerprint density at radius 2 is 1.63 bits per heavy atom. The first-order valence-electron chi connectivity index (χ1n) is 15.3. The van der Waals surface area contributed by atoms with Crippen molar-refractivity contribution in [2.24, 2.45) is 0 Å². The SMILES string of the molecule is CC(C)N1CCN(C(=O)c2ccc(-c3nn(-c4ccc(NC(=O)Nc5cc(C(C)(C)C)on5)cc4)c4ncnc(N)c34)cc2)CC1. The first kappa shape index (κ1) is 30.7. The van der Waals surface area contributed by atoms with Crippen LogP contribution in [0, 0.1) is 0 Å². The summed E-state index contributed by atoms with van der Waals surface area (Å²) in [6, 6.07) is 16.3. The van der Waals surface area contributed by atoms with Gasteiger partial charge in [0.05, 0.1) is 11.1 Å². The largest absolute Gasteiger partial charge is 0.383 e. The van der Waals surface area contributed by atoms with Crippen molar-refractivity contribution >= 4 is 40.3 Å². The van der Waals surface area contributed by atoms with E-state index in [9.17, 15) is 9.59 Å². The number of amides is 3. The average Bonchev–Trinajstić information content (AvgIpc) is 3.67. The summed E-state index contributed by atoms with van der Waals surface area (Å²) in [4.78, 5) is 38.8. The Labute approximate surface area is 266 Å². The van der Waals surface area contributed by atoms with E-state index >= 15 is 0 Å². The van der Waals surface area contributed by atoms with Gasteiger partial charge < -0.3 is 20.5 Å². The van der Waals surface area contributed by atoms with Gasteiger partial charge in [0.25, 0.3) is 5.91 Å².